The molecule has 22 heavy (non-hydrogen) atoms. The molecule has 118 valence electrons. The van der Waals surface area contributed by atoms with Crippen molar-refractivity contribution in [3.8, 4) is 5.75 Å². The number of nitrogens with one attached hydrogen (secondary N) is 1. The third-order valence-corrected chi connectivity index (χ3v) is 4.96. The van der Waals surface area contributed by atoms with Gasteiger partial charge in [0.05, 0.1) is 12.3 Å². The first-order valence-electron chi connectivity index (χ1n) is 6.55. The van der Waals surface area contributed by atoms with Crippen LogP contribution < -0.4 is 9.46 Å². The molecule has 2 aromatic carbocycles. The summed E-state index contributed by atoms with van der Waals surface area (Å²) in [7, 11) is -3.84. The van der Waals surface area contributed by atoms with Crippen LogP contribution in [-0.4, -0.2) is 15.0 Å². The van der Waals surface area contributed by atoms with Crippen LogP contribution in [-0.2, 0) is 10.0 Å². The quantitative estimate of drug-likeness (QED) is 0.854. The second-order valence-corrected chi connectivity index (χ2v) is 7.09. The molecule has 0 aliphatic carbocycles. The lowest BCUT2D eigenvalue weighted by Crippen LogP contribution is -2.14. The maximum Gasteiger partial charge on any atom is 0.265 e. The van der Waals surface area contributed by atoms with Gasteiger partial charge in [0, 0.05) is 10.0 Å². The molecule has 0 amide bonds. The lowest BCUT2D eigenvalue weighted by atomic mass is 10.2. The first-order valence-corrected chi connectivity index (χ1v) is 8.78. The number of rotatable bonds is 5. The Morgan fingerprint density at radius 1 is 1.14 bits per heavy atom. The normalized spacial score (nSPS) is 11.3. The van der Waals surface area contributed by atoms with E-state index in [1.165, 1.54) is 12.1 Å². The van der Waals surface area contributed by atoms with Gasteiger partial charge < -0.3 is 4.74 Å². The minimum Gasteiger partial charge on any atom is -0.492 e. The molecule has 7 heteroatoms. The first-order chi connectivity index (χ1) is 10.3. The number of anilines is 1. The zero-order valence-electron chi connectivity index (χ0n) is 12.1. The van der Waals surface area contributed by atoms with Crippen molar-refractivity contribution in [2.24, 2.45) is 0 Å². The largest absolute Gasteiger partial charge is 0.492 e. The predicted octanol–water partition coefficient (Wildman–Crippen LogP) is 4.50. The van der Waals surface area contributed by atoms with Crippen LogP contribution in [0, 0.1) is 6.92 Å². The molecule has 0 fully saturated rings. The lowest BCUT2D eigenvalue weighted by molar-refractivity contribution is 0.331. The Morgan fingerprint density at radius 3 is 2.50 bits per heavy atom. The smallest absolute Gasteiger partial charge is 0.265 e. The van der Waals surface area contributed by atoms with Crippen molar-refractivity contribution in [1.29, 1.82) is 0 Å². The van der Waals surface area contributed by atoms with Crippen molar-refractivity contribution in [2.75, 3.05) is 11.3 Å². The first kappa shape index (κ1) is 16.9. The monoisotopic (exact) mass is 359 g/mol. The van der Waals surface area contributed by atoms with Crippen LogP contribution in [0.2, 0.25) is 10.0 Å². The zero-order valence-corrected chi connectivity index (χ0v) is 14.4. The van der Waals surface area contributed by atoms with E-state index in [-0.39, 0.29) is 10.6 Å². The van der Waals surface area contributed by atoms with Gasteiger partial charge in [0.15, 0.2) is 0 Å². The van der Waals surface area contributed by atoms with Crippen molar-refractivity contribution >= 4 is 38.9 Å². The second-order valence-electron chi connectivity index (χ2n) is 4.59. The standard InChI is InChI=1S/C15H15Cl2NO3S/c1-3-21-14-7-5-11(16)8-15(14)22(19,20)18-12-6-4-10(2)13(17)9-12/h4-9,18H,3H2,1-2H3. The molecular weight excluding hydrogens is 345 g/mol. The summed E-state index contributed by atoms with van der Waals surface area (Å²) >= 11 is 11.9. The molecule has 4 nitrogen and oxygen atoms in total. The average Bonchev–Trinajstić information content (AvgIpc) is 2.45. The summed E-state index contributed by atoms with van der Waals surface area (Å²) in [6.45, 7) is 3.96. The number of benzene rings is 2. The number of halogens is 2. The molecule has 0 saturated carbocycles. The Balaban J connectivity index is 2.41. The predicted molar refractivity (Wildman–Crippen MR) is 89.6 cm³/mol. The minimum atomic E-state index is -3.84. The molecule has 0 atom stereocenters. The summed E-state index contributed by atoms with van der Waals surface area (Å²) in [6, 6.07) is 9.39. The van der Waals surface area contributed by atoms with E-state index in [1.807, 2.05) is 6.92 Å². The van der Waals surface area contributed by atoms with Crippen LogP contribution in [0.3, 0.4) is 0 Å². The molecule has 0 unspecified atom stereocenters. The summed E-state index contributed by atoms with van der Waals surface area (Å²) in [5.74, 6) is 0.248. The van der Waals surface area contributed by atoms with Gasteiger partial charge in [-0.25, -0.2) is 8.42 Å². The SMILES string of the molecule is CCOc1ccc(Cl)cc1S(=O)(=O)Nc1ccc(C)c(Cl)c1. The highest BCUT2D eigenvalue weighted by molar-refractivity contribution is 7.92. The van der Waals surface area contributed by atoms with E-state index in [4.69, 9.17) is 27.9 Å². The number of hydrogen-bond acceptors (Lipinski definition) is 3. The van der Waals surface area contributed by atoms with Gasteiger partial charge in [0.2, 0.25) is 0 Å². The van der Waals surface area contributed by atoms with Crippen LogP contribution >= 0.6 is 23.2 Å². The molecule has 2 rings (SSSR count). The van der Waals surface area contributed by atoms with E-state index < -0.39 is 10.0 Å². The summed E-state index contributed by atoms with van der Waals surface area (Å²) in [6.07, 6.45) is 0. The maximum atomic E-state index is 12.6. The van der Waals surface area contributed by atoms with Gasteiger partial charge in [0.1, 0.15) is 10.6 Å². The third-order valence-electron chi connectivity index (χ3n) is 2.92. The molecule has 0 heterocycles. The Labute approximate surface area is 140 Å². The van der Waals surface area contributed by atoms with Gasteiger partial charge >= 0.3 is 0 Å². The lowest BCUT2D eigenvalue weighted by Gasteiger charge is -2.13. The van der Waals surface area contributed by atoms with Crippen LogP contribution in [0.1, 0.15) is 12.5 Å². The molecule has 2 aromatic rings. The highest BCUT2D eigenvalue weighted by Crippen LogP contribution is 2.30. The summed E-state index contributed by atoms with van der Waals surface area (Å²) in [5.41, 5.74) is 1.24. The molecule has 0 aliphatic rings. The topological polar surface area (TPSA) is 55.4 Å². The van der Waals surface area contributed by atoms with Crippen molar-refractivity contribution in [1.82, 2.24) is 0 Å². The van der Waals surface area contributed by atoms with E-state index in [0.717, 1.165) is 5.56 Å². The second kappa shape index (κ2) is 6.77. The molecule has 1 N–H and O–H groups in total. The average molecular weight is 360 g/mol. The Kier molecular flexibility index (Phi) is 5.21. The molecule has 0 aromatic heterocycles. The van der Waals surface area contributed by atoms with Crippen molar-refractivity contribution < 1.29 is 13.2 Å². The Bertz CT molecular complexity index is 791. The Morgan fingerprint density at radius 2 is 1.86 bits per heavy atom. The third kappa shape index (κ3) is 3.85. The van der Waals surface area contributed by atoms with Crippen LogP contribution in [0.4, 0.5) is 5.69 Å². The summed E-state index contributed by atoms with van der Waals surface area (Å²) in [5, 5.41) is 0.794. The van der Waals surface area contributed by atoms with Crippen LogP contribution in [0.25, 0.3) is 0 Å². The Hall–Kier alpha value is -1.43. The van der Waals surface area contributed by atoms with Crippen molar-refractivity contribution in [2.45, 2.75) is 18.7 Å². The van der Waals surface area contributed by atoms with Gasteiger partial charge in [-0.2, -0.15) is 0 Å². The van der Waals surface area contributed by atoms with Gasteiger partial charge in [-0.05, 0) is 49.7 Å². The molecule has 0 aliphatic heterocycles. The molecule has 0 radical (unpaired) electrons. The van der Waals surface area contributed by atoms with Gasteiger partial charge in [0.25, 0.3) is 10.0 Å². The summed E-state index contributed by atoms with van der Waals surface area (Å²) < 4.78 is 32.9. The fourth-order valence-electron chi connectivity index (χ4n) is 1.83. The zero-order chi connectivity index (χ0) is 16.3. The number of sulfonamides is 1. The van der Waals surface area contributed by atoms with Gasteiger partial charge in [-0.15, -0.1) is 0 Å². The highest BCUT2D eigenvalue weighted by Gasteiger charge is 2.20. The van der Waals surface area contributed by atoms with Gasteiger partial charge in [-0.1, -0.05) is 29.3 Å². The molecule has 0 spiro atoms. The van der Waals surface area contributed by atoms with Gasteiger partial charge in [-0.3, -0.25) is 4.72 Å². The van der Waals surface area contributed by atoms with E-state index in [2.05, 4.69) is 4.72 Å². The van der Waals surface area contributed by atoms with E-state index in [0.29, 0.717) is 22.3 Å². The number of hydrogen-bond donors (Lipinski definition) is 1. The fourth-order valence-corrected chi connectivity index (χ4v) is 3.47. The number of ether oxygens (including phenoxy) is 1. The minimum absolute atomic E-state index is 0.0152. The van der Waals surface area contributed by atoms with E-state index >= 15 is 0 Å². The van der Waals surface area contributed by atoms with Crippen molar-refractivity contribution in [3.63, 3.8) is 0 Å². The highest BCUT2D eigenvalue weighted by atomic mass is 35.5. The molecule has 0 saturated heterocycles. The molecule has 0 bridgehead atoms. The van der Waals surface area contributed by atoms with E-state index in [9.17, 15) is 8.42 Å². The van der Waals surface area contributed by atoms with Crippen molar-refractivity contribution in [3.05, 3.63) is 52.0 Å². The number of aryl methyl sites for hydroxylation is 1. The molecular formula is C15H15Cl2NO3S. The summed E-state index contributed by atoms with van der Waals surface area (Å²) in [4.78, 5) is -0.0152. The fraction of sp³-hybridized carbons (Fsp3) is 0.200. The van der Waals surface area contributed by atoms with Crippen LogP contribution in [0.15, 0.2) is 41.3 Å². The van der Waals surface area contributed by atoms with E-state index in [1.54, 1.807) is 31.2 Å². The van der Waals surface area contributed by atoms with Crippen LogP contribution in [0.5, 0.6) is 5.75 Å². The maximum absolute atomic E-state index is 12.6.